The fourth-order valence-electron chi connectivity index (χ4n) is 4.03. The molecule has 0 amide bonds. The van der Waals surface area contributed by atoms with Crippen molar-refractivity contribution in [1.29, 1.82) is 0 Å². The molecule has 1 aromatic heterocycles. The molecule has 2 aliphatic heterocycles. The Morgan fingerprint density at radius 1 is 1.27 bits per heavy atom. The van der Waals surface area contributed by atoms with Gasteiger partial charge in [0, 0.05) is 24.3 Å². The molecular formula is C19H26N6O. The second-order valence-electron chi connectivity index (χ2n) is 7.54. The largest absolute Gasteiger partial charge is 0.381 e. The van der Waals surface area contributed by atoms with E-state index >= 15 is 0 Å². The van der Waals surface area contributed by atoms with Crippen LogP contribution in [0.5, 0.6) is 0 Å². The van der Waals surface area contributed by atoms with Gasteiger partial charge in [-0.2, -0.15) is 15.0 Å². The molecule has 0 bridgehead atoms. The molecule has 26 heavy (non-hydrogen) atoms. The monoisotopic (exact) mass is 354 g/mol. The lowest BCUT2D eigenvalue weighted by Gasteiger charge is -2.39. The molecule has 0 radical (unpaired) electrons. The van der Waals surface area contributed by atoms with Crippen LogP contribution in [-0.4, -0.2) is 46.2 Å². The van der Waals surface area contributed by atoms with Crippen LogP contribution in [0, 0.1) is 12.3 Å². The second kappa shape index (κ2) is 7.17. The third-order valence-corrected chi connectivity index (χ3v) is 5.26. The first-order valence-corrected chi connectivity index (χ1v) is 9.25. The summed E-state index contributed by atoms with van der Waals surface area (Å²) in [5.74, 6) is 1.46. The van der Waals surface area contributed by atoms with Crippen molar-refractivity contribution in [3.63, 3.8) is 0 Å². The summed E-state index contributed by atoms with van der Waals surface area (Å²) in [4.78, 5) is 15.6. The fourth-order valence-corrected chi connectivity index (χ4v) is 4.03. The Labute approximate surface area is 154 Å². The zero-order valence-electron chi connectivity index (χ0n) is 15.2. The minimum atomic E-state index is 0.251. The van der Waals surface area contributed by atoms with E-state index in [1.54, 1.807) is 0 Å². The van der Waals surface area contributed by atoms with E-state index in [9.17, 15) is 0 Å². The normalized spacial score (nSPS) is 23.4. The number of likely N-dealkylation sites (tertiary alicyclic amines) is 1. The summed E-state index contributed by atoms with van der Waals surface area (Å²) in [6.07, 6.45) is 3.60. The average Bonchev–Trinajstić information content (AvgIpc) is 3.02. The number of benzene rings is 1. The Morgan fingerprint density at radius 3 is 3.00 bits per heavy atom. The van der Waals surface area contributed by atoms with Gasteiger partial charge in [0.05, 0.1) is 13.2 Å². The maximum absolute atomic E-state index is 5.92. The second-order valence-corrected chi connectivity index (χ2v) is 7.54. The quantitative estimate of drug-likeness (QED) is 0.872. The molecule has 0 saturated carbocycles. The Morgan fingerprint density at radius 2 is 2.19 bits per heavy atom. The minimum absolute atomic E-state index is 0.251. The van der Waals surface area contributed by atoms with Crippen molar-refractivity contribution in [2.75, 3.05) is 37.4 Å². The summed E-state index contributed by atoms with van der Waals surface area (Å²) in [6.45, 7) is 6.61. The number of aromatic nitrogens is 3. The van der Waals surface area contributed by atoms with Crippen LogP contribution in [0.1, 0.15) is 30.7 Å². The molecule has 138 valence electrons. The highest BCUT2D eigenvalue weighted by atomic mass is 16.5. The first-order chi connectivity index (χ1) is 12.6. The summed E-state index contributed by atoms with van der Waals surface area (Å²) in [7, 11) is 0. The maximum atomic E-state index is 5.92. The Bertz CT molecular complexity index is 774. The summed E-state index contributed by atoms with van der Waals surface area (Å²) in [6, 6.07) is 8.09. The Kier molecular flexibility index (Phi) is 4.74. The lowest BCUT2D eigenvalue weighted by Crippen LogP contribution is -2.43. The molecule has 3 heterocycles. The number of ether oxygens (including phenoxy) is 1. The first kappa shape index (κ1) is 17.2. The van der Waals surface area contributed by atoms with Crippen molar-refractivity contribution in [2.45, 2.75) is 32.7 Å². The fraction of sp³-hybridized carbons (Fsp3) is 0.526. The van der Waals surface area contributed by atoms with Gasteiger partial charge in [0.25, 0.3) is 0 Å². The summed E-state index contributed by atoms with van der Waals surface area (Å²) in [5.41, 5.74) is 8.36. The van der Waals surface area contributed by atoms with E-state index < -0.39 is 0 Å². The van der Waals surface area contributed by atoms with Crippen molar-refractivity contribution in [3.05, 3.63) is 35.7 Å². The summed E-state index contributed by atoms with van der Waals surface area (Å²) >= 11 is 0. The highest BCUT2D eigenvalue weighted by Crippen LogP contribution is 2.37. The van der Waals surface area contributed by atoms with Gasteiger partial charge in [-0.1, -0.05) is 12.1 Å². The molecule has 7 heteroatoms. The zero-order chi connectivity index (χ0) is 18.0. The van der Waals surface area contributed by atoms with Gasteiger partial charge >= 0.3 is 0 Å². The number of rotatable bonds is 4. The number of hydrogen-bond acceptors (Lipinski definition) is 7. The van der Waals surface area contributed by atoms with Crippen molar-refractivity contribution in [2.24, 2.45) is 5.41 Å². The molecule has 2 aliphatic rings. The molecule has 1 atom stereocenters. The predicted molar refractivity (Wildman–Crippen MR) is 101 cm³/mol. The molecule has 2 saturated heterocycles. The van der Waals surface area contributed by atoms with Gasteiger partial charge in [-0.05, 0) is 50.4 Å². The molecule has 0 aliphatic carbocycles. The molecule has 2 aromatic rings. The van der Waals surface area contributed by atoms with Gasteiger partial charge in [0.15, 0.2) is 0 Å². The van der Waals surface area contributed by atoms with Crippen molar-refractivity contribution < 1.29 is 4.74 Å². The average molecular weight is 354 g/mol. The standard InChI is InChI=1S/C19H26N6O/c1-14-4-2-5-15(10-14)21-18-23-16(22-17(20)24-18)11-25-8-3-6-19(12-25)7-9-26-13-19/h2,4-5,10H,3,6-9,11-13H2,1H3,(H3,20,21,22,23,24)/t19-/m0/s1. The van der Waals surface area contributed by atoms with E-state index in [0.717, 1.165) is 38.4 Å². The van der Waals surface area contributed by atoms with Gasteiger partial charge in [0.1, 0.15) is 5.82 Å². The van der Waals surface area contributed by atoms with Crippen molar-refractivity contribution >= 4 is 17.6 Å². The Hall–Kier alpha value is -2.25. The molecule has 2 fully saturated rings. The maximum Gasteiger partial charge on any atom is 0.232 e. The molecule has 0 unspecified atom stereocenters. The third kappa shape index (κ3) is 3.94. The van der Waals surface area contributed by atoms with Crippen LogP contribution in [0.25, 0.3) is 0 Å². The number of nitrogens with two attached hydrogens (primary N) is 1. The highest BCUT2D eigenvalue weighted by molar-refractivity contribution is 5.54. The van der Waals surface area contributed by atoms with Gasteiger partial charge in [-0.25, -0.2) is 0 Å². The Balaban J connectivity index is 1.47. The number of anilines is 3. The molecular weight excluding hydrogens is 328 g/mol. The molecule has 1 spiro atoms. The van der Waals surface area contributed by atoms with E-state index in [2.05, 4.69) is 38.2 Å². The highest BCUT2D eigenvalue weighted by Gasteiger charge is 2.38. The zero-order valence-corrected chi connectivity index (χ0v) is 15.2. The smallest absolute Gasteiger partial charge is 0.232 e. The van der Waals surface area contributed by atoms with E-state index in [0.29, 0.717) is 23.7 Å². The van der Waals surface area contributed by atoms with E-state index in [1.165, 1.54) is 18.4 Å². The minimum Gasteiger partial charge on any atom is -0.381 e. The van der Waals surface area contributed by atoms with E-state index in [-0.39, 0.29) is 5.95 Å². The lowest BCUT2D eigenvalue weighted by atomic mass is 9.79. The third-order valence-electron chi connectivity index (χ3n) is 5.26. The molecule has 7 nitrogen and oxygen atoms in total. The van der Waals surface area contributed by atoms with Crippen LogP contribution in [-0.2, 0) is 11.3 Å². The molecule has 4 rings (SSSR count). The van der Waals surface area contributed by atoms with Crippen LogP contribution < -0.4 is 11.1 Å². The topological polar surface area (TPSA) is 89.2 Å². The number of aryl methyl sites for hydroxylation is 1. The van der Waals surface area contributed by atoms with Crippen LogP contribution >= 0.6 is 0 Å². The van der Waals surface area contributed by atoms with Crippen LogP contribution in [0.4, 0.5) is 17.6 Å². The number of nitrogen functional groups attached to an aromatic ring is 1. The van der Waals surface area contributed by atoms with Crippen LogP contribution in [0.3, 0.4) is 0 Å². The van der Waals surface area contributed by atoms with Gasteiger partial charge < -0.3 is 15.8 Å². The summed E-state index contributed by atoms with van der Waals surface area (Å²) in [5, 5.41) is 3.23. The summed E-state index contributed by atoms with van der Waals surface area (Å²) < 4.78 is 5.65. The predicted octanol–water partition coefficient (Wildman–Crippen LogP) is 2.51. The molecule has 1 aromatic carbocycles. The van der Waals surface area contributed by atoms with Gasteiger partial charge in [-0.15, -0.1) is 0 Å². The van der Waals surface area contributed by atoms with Crippen molar-refractivity contribution in [3.8, 4) is 0 Å². The van der Waals surface area contributed by atoms with Crippen molar-refractivity contribution in [1.82, 2.24) is 19.9 Å². The van der Waals surface area contributed by atoms with E-state index in [4.69, 9.17) is 10.5 Å². The van der Waals surface area contributed by atoms with Crippen LogP contribution in [0.15, 0.2) is 24.3 Å². The van der Waals surface area contributed by atoms with E-state index in [1.807, 2.05) is 18.2 Å². The van der Waals surface area contributed by atoms with Gasteiger partial charge in [-0.3, -0.25) is 4.90 Å². The lowest BCUT2D eigenvalue weighted by molar-refractivity contribution is 0.0631. The molecule has 3 N–H and O–H groups in total. The van der Waals surface area contributed by atoms with Gasteiger partial charge in [0.2, 0.25) is 11.9 Å². The number of hydrogen-bond donors (Lipinski definition) is 2. The number of nitrogens with one attached hydrogen (secondary N) is 1. The SMILES string of the molecule is Cc1cccc(Nc2nc(N)nc(CN3CCC[C@]4(CCOC4)C3)n2)c1. The number of nitrogens with zero attached hydrogens (tertiary/aromatic N) is 4. The van der Waals surface area contributed by atoms with Crippen LogP contribution in [0.2, 0.25) is 0 Å². The number of piperidine rings is 1. The first-order valence-electron chi connectivity index (χ1n) is 9.25.